The number of hydrogen-bond acceptors (Lipinski definition) is 7. The first-order valence-corrected chi connectivity index (χ1v) is 17.7. The number of amides is 2. The molecule has 45 heavy (non-hydrogen) atoms. The largest absolute Gasteiger partial charge is 0.610 e. The van der Waals surface area contributed by atoms with Crippen LogP contribution >= 0.6 is 27.3 Å². The van der Waals surface area contributed by atoms with Gasteiger partial charge in [0, 0.05) is 65.4 Å². The van der Waals surface area contributed by atoms with E-state index in [4.69, 9.17) is 10.2 Å². The molecule has 2 amide bonds. The van der Waals surface area contributed by atoms with E-state index in [1.807, 2.05) is 52.7 Å². The number of nitrogens with two attached hydrogens (primary N) is 1. The third-order valence-electron chi connectivity index (χ3n) is 8.12. The van der Waals surface area contributed by atoms with Crippen molar-refractivity contribution in [1.29, 1.82) is 0 Å². The van der Waals surface area contributed by atoms with Gasteiger partial charge < -0.3 is 29.4 Å². The van der Waals surface area contributed by atoms with Gasteiger partial charge in [-0.05, 0) is 70.5 Å². The number of hydrogen-bond donors (Lipinski definition) is 1. The van der Waals surface area contributed by atoms with Crippen LogP contribution in [0.5, 0.6) is 0 Å². The lowest BCUT2D eigenvalue weighted by molar-refractivity contribution is 0.0750. The molecule has 2 aromatic heterocycles. The van der Waals surface area contributed by atoms with Crippen molar-refractivity contribution in [1.82, 2.24) is 4.90 Å². The minimum Gasteiger partial charge on any atom is -0.610 e. The number of rotatable bonds is 10. The lowest BCUT2D eigenvalue weighted by Gasteiger charge is -2.38. The maximum Gasteiger partial charge on any atom is 0.284 e. The van der Waals surface area contributed by atoms with Crippen LogP contribution in [0.15, 0.2) is 98.0 Å². The molecule has 3 aromatic carbocycles. The van der Waals surface area contributed by atoms with Crippen LogP contribution in [0.4, 0.5) is 11.4 Å². The summed E-state index contributed by atoms with van der Waals surface area (Å²) in [5, 5.41) is 2.65. The van der Waals surface area contributed by atoms with Crippen LogP contribution in [0.1, 0.15) is 31.4 Å². The molecule has 5 aromatic rings. The Morgan fingerprint density at radius 2 is 1.76 bits per heavy atom. The minimum atomic E-state index is -1.39. The number of thiophene rings is 1. The monoisotopic (exact) mass is 704 g/mol. The Labute approximate surface area is 277 Å². The standard InChI is InChI=1S/C34H33BrN4O4S2/c1-23-26-21-25(11-12-30(26)43-31(23)33(36)40)45(42)22-39(15-13-24-7-3-2-4-8-24)29-10-6-5-9-28(29)37-16-18-38(19-17-37)34(41)32-27(35)14-20-44-32/h2-12,14,20-21H,13,15-19,22H2,1H3,(H2,36,40). The van der Waals surface area contributed by atoms with Gasteiger partial charge in [-0.1, -0.05) is 42.5 Å². The van der Waals surface area contributed by atoms with Crippen LogP contribution in [0, 0.1) is 6.92 Å². The number of nitrogens with zero attached hydrogens (tertiary/aromatic N) is 3. The number of para-hydroxylation sites is 2. The molecule has 1 unspecified atom stereocenters. The zero-order valence-electron chi connectivity index (χ0n) is 24.8. The smallest absolute Gasteiger partial charge is 0.284 e. The molecule has 6 rings (SSSR count). The van der Waals surface area contributed by atoms with Crippen molar-refractivity contribution in [3.05, 3.63) is 110 Å². The van der Waals surface area contributed by atoms with Gasteiger partial charge in [-0.2, -0.15) is 0 Å². The van der Waals surface area contributed by atoms with Crippen molar-refractivity contribution in [2.75, 3.05) is 48.4 Å². The van der Waals surface area contributed by atoms with Gasteiger partial charge in [-0.15, -0.1) is 11.3 Å². The van der Waals surface area contributed by atoms with Crippen LogP contribution in [0.3, 0.4) is 0 Å². The highest BCUT2D eigenvalue weighted by molar-refractivity contribution is 9.10. The maximum absolute atomic E-state index is 14.0. The minimum absolute atomic E-state index is 0.0532. The van der Waals surface area contributed by atoms with Crippen molar-refractivity contribution in [3.63, 3.8) is 0 Å². The van der Waals surface area contributed by atoms with Crippen molar-refractivity contribution >= 4 is 72.6 Å². The highest BCUT2D eigenvalue weighted by Crippen LogP contribution is 2.33. The molecule has 0 spiro atoms. The van der Waals surface area contributed by atoms with Gasteiger partial charge in [0.2, 0.25) is 0 Å². The Morgan fingerprint density at radius 1 is 1.02 bits per heavy atom. The Hall–Kier alpha value is -3.77. The molecule has 1 saturated heterocycles. The Kier molecular flexibility index (Phi) is 9.50. The predicted octanol–water partition coefficient (Wildman–Crippen LogP) is 6.44. The van der Waals surface area contributed by atoms with E-state index >= 15 is 0 Å². The van der Waals surface area contributed by atoms with Gasteiger partial charge in [-0.25, -0.2) is 0 Å². The van der Waals surface area contributed by atoms with E-state index in [0.717, 1.165) is 32.5 Å². The summed E-state index contributed by atoms with van der Waals surface area (Å²) in [6.45, 7) is 5.07. The van der Waals surface area contributed by atoms with Crippen LogP contribution in [-0.2, 0) is 17.6 Å². The fraction of sp³-hybridized carbons (Fsp3) is 0.235. The van der Waals surface area contributed by atoms with Crippen LogP contribution in [0.2, 0.25) is 0 Å². The third kappa shape index (κ3) is 6.76. The first kappa shape index (κ1) is 31.2. The molecule has 0 bridgehead atoms. The van der Waals surface area contributed by atoms with E-state index in [1.54, 1.807) is 19.1 Å². The summed E-state index contributed by atoms with van der Waals surface area (Å²) in [5.74, 6) is -0.173. The molecule has 3 heterocycles. The van der Waals surface area contributed by atoms with E-state index in [0.29, 0.717) is 48.8 Å². The quantitative estimate of drug-likeness (QED) is 0.168. The average Bonchev–Trinajstić information content (AvgIpc) is 3.65. The molecule has 1 fully saturated rings. The second kappa shape index (κ2) is 13.7. The van der Waals surface area contributed by atoms with Crippen molar-refractivity contribution in [2.45, 2.75) is 18.2 Å². The highest BCUT2D eigenvalue weighted by Gasteiger charge is 2.28. The molecular weight excluding hydrogens is 672 g/mol. The molecule has 0 saturated carbocycles. The van der Waals surface area contributed by atoms with Crippen LogP contribution < -0.4 is 15.5 Å². The van der Waals surface area contributed by atoms with Crippen LogP contribution in [-0.4, -0.2) is 59.9 Å². The SMILES string of the molecule is Cc1c(C(N)=O)oc2ccc([S+]([O-])CN(CCc3ccccc3)c3ccccc3N3CCN(C(=O)c4sccc4Br)CC3)cc12. The molecule has 1 aliphatic heterocycles. The zero-order chi connectivity index (χ0) is 31.5. The lowest BCUT2D eigenvalue weighted by Crippen LogP contribution is -2.49. The second-order valence-corrected chi connectivity index (χ2v) is 14.1. The van der Waals surface area contributed by atoms with Gasteiger partial charge in [0.15, 0.2) is 16.5 Å². The summed E-state index contributed by atoms with van der Waals surface area (Å²) in [6.07, 6.45) is 0.784. The second-order valence-electron chi connectivity index (χ2n) is 10.9. The van der Waals surface area contributed by atoms with E-state index in [2.05, 4.69) is 50.0 Å². The number of halogens is 1. The van der Waals surface area contributed by atoms with Crippen molar-refractivity contribution in [2.24, 2.45) is 5.73 Å². The Bertz CT molecular complexity index is 1820. The molecule has 1 atom stereocenters. The molecular formula is C34H33BrN4O4S2. The first-order valence-electron chi connectivity index (χ1n) is 14.7. The molecule has 0 radical (unpaired) electrons. The number of fused-ring (bicyclic) bond motifs is 1. The number of piperazine rings is 1. The lowest BCUT2D eigenvalue weighted by atomic mass is 10.1. The fourth-order valence-corrected chi connectivity index (χ4v) is 8.37. The van der Waals surface area contributed by atoms with Crippen molar-refractivity contribution < 1.29 is 18.6 Å². The molecule has 1 aliphatic rings. The number of anilines is 2. The fourth-order valence-electron chi connectivity index (χ4n) is 5.70. The highest BCUT2D eigenvalue weighted by atomic mass is 79.9. The van der Waals surface area contributed by atoms with Gasteiger partial charge >= 0.3 is 0 Å². The number of carbonyl (C=O) groups is 2. The first-order chi connectivity index (χ1) is 21.8. The molecule has 232 valence electrons. The molecule has 0 aliphatic carbocycles. The van der Waals surface area contributed by atoms with Gasteiger partial charge in [0.25, 0.3) is 11.8 Å². The van der Waals surface area contributed by atoms with E-state index in [1.165, 1.54) is 16.9 Å². The normalized spacial score (nSPS) is 14.1. The summed E-state index contributed by atoms with van der Waals surface area (Å²) in [7, 11) is 0. The topological polar surface area (TPSA) is 106 Å². The Balaban J connectivity index is 1.25. The van der Waals surface area contributed by atoms with Gasteiger partial charge in [-0.3, -0.25) is 9.59 Å². The average molecular weight is 706 g/mol. The zero-order valence-corrected chi connectivity index (χ0v) is 28.0. The number of aryl methyl sites for hydroxylation is 1. The molecule has 2 N–H and O–H groups in total. The predicted molar refractivity (Wildman–Crippen MR) is 185 cm³/mol. The molecule has 8 nitrogen and oxygen atoms in total. The summed E-state index contributed by atoms with van der Waals surface area (Å²) in [5.41, 5.74) is 9.93. The van der Waals surface area contributed by atoms with E-state index in [-0.39, 0.29) is 17.5 Å². The maximum atomic E-state index is 14.0. The molecule has 11 heteroatoms. The Morgan fingerprint density at radius 3 is 2.47 bits per heavy atom. The van der Waals surface area contributed by atoms with Gasteiger partial charge in [0.1, 0.15) is 10.5 Å². The summed E-state index contributed by atoms with van der Waals surface area (Å²) < 4.78 is 20.5. The number of furan rings is 1. The summed E-state index contributed by atoms with van der Waals surface area (Å²) in [4.78, 5) is 32.7. The summed E-state index contributed by atoms with van der Waals surface area (Å²) >= 11 is 3.56. The summed E-state index contributed by atoms with van der Waals surface area (Å²) in [6, 6.07) is 25.8. The van der Waals surface area contributed by atoms with E-state index < -0.39 is 17.1 Å². The van der Waals surface area contributed by atoms with Crippen LogP contribution in [0.25, 0.3) is 11.0 Å². The number of benzene rings is 3. The number of carbonyl (C=O) groups excluding carboxylic acids is 2. The number of primary amides is 1. The van der Waals surface area contributed by atoms with Gasteiger partial charge in [0.05, 0.1) is 11.4 Å². The third-order valence-corrected chi connectivity index (χ3v) is 11.3. The van der Waals surface area contributed by atoms with Crippen molar-refractivity contribution in [3.8, 4) is 0 Å². The van der Waals surface area contributed by atoms with E-state index in [9.17, 15) is 14.1 Å².